The molecule has 0 aromatic heterocycles. The molecule has 4 unspecified atom stereocenters. The number of ether oxygens (including phenoxy) is 2. The minimum Gasteiger partial charge on any atom is -0.459 e. The van der Waals surface area contributed by atoms with E-state index in [1.165, 1.54) is 0 Å². The van der Waals surface area contributed by atoms with Crippen molar-refractivity contribution < 1.29 is 29.6 Å². The first-order valence-corrected chi connectivity index (χ1v) is 8.36. The molecule has 2 rings (SSSR count). The van der Waals surface area contributed by atoms with Gasteiger partial charge in [0, 0.05) is 18.9 Å². The van der Waals surface area contributed by atoms with Crippen LogP contribution < -0.4 is 0 Å². The van der Waals surface area contributed by atoms with Crippen molar-refractivity contribution in [3.05, 3.63) is 35.5 Å². The first-order valence-electron chi connectivity index (χ1n) is 8.36. The van der Waals surface area contributed by atoms with Crippen LogP contribution in [0.2, 0.25) is 0 Å². The van der Waals surface area contributed by atoms with Gasteiger partial charge >= 0.3 is 5.97 Å². The van der Waals surface area contributed by atoms with Gasteiger partial charge in [0.25, 0.3) is 0 Å². The molecule has 0 radical (unpaired) electrons. The van der Waals surface area contributed by atoms with E-state index in [4.69, 9.17) is 19.7 Å². The Hall–Kier alpha value is -1.47. The summed E-state index contributed by atoms with van der Waals surface area (Å²) >= 11 is 0. The quantitative estimate of drug-likeness (QED) is 0.361. The van der Waals surface area contributed by atoms with Crippen molar-refractivity contribution in [3.8, 4) is 0 Å². The van der Waals surface area contributed by atoms with Crippen LogP contribution in [0.5, 0.6) is 0 Å². The molecule has 4 atom stereocenters. The average molecular weight is 339 g/mol. The fraction of sp³-hybridized carbons (Fsp3) is 0.611. The highest BCUT2D eigenvalue weighted by Crippen LogP contribution is 2.30. The smallest absolute Gasteiger partial charge is 0.338 e. The molecular weight excluding hydrogens is 312 g/mol. The molecule has 0 spiro atoms. The summed E-state index contributed by atoms with van der Waals surface area (Å²) in [5.41, 5.74) is 1.46. The number of hydrogen-bond acceptors (Lipinski definition) is 5. The van der Waals surface area contributed by atoms with Gasteiger partial charge < -0.3 is 24.8 Å². The number of allylic oxidation sites excluding steroid dienone is 4. The van der Waals surface area contributed by atoms with Crippen molar-refractivity contribution in [2.75, 3.05) is 26.4 Å². The Morgan fingerprint density at radius 1 is 1.54 bits per heavy atom. The average Bonchev–Trinajstić information content (AvgIpc) is 3.31. The van der Waals surface area contributed by atoms with E-state index in [0.717, 1.165) is 18.4 Å². The third kappa shape index (κ3) is 5.56. The monoisotopic (exact) mass is 339 g/mol. The summed E-state index contributed by atoms with van der Waals surface area (Å²) in [7, 11) is 0. The van der Waals surface area contributed by atoms with Crippen molar-refractivity contribution in [3.63, 3.8) is 0 Å². The molecule has 0 amide bonds. The Morgan fingerprint density at radius 2 is 2.29 bits per heavy atom. The number of rotatable bonds is 9. The number of aliphatic hydroxyl groups excluding tert-OH is 2. The third-order valence-electron chi connectivity index (χ3n) is 4.27. The molecule has 0 aromatic carbocycles. The van der Waals surface area contributed by atoms with Gasteiger partial charge in [-0.25, -0.2) is 4.79 Å². The van der Waals surface area contributed by atoms with E-state index in [2.05, 4.69) is 0 Å². The molecule has 2 aliphatic carbocycles. The fourth-order valence-electron chi connectivity index (χ4n) is 2.54. The van der Waals surface area contributed by atoms with Crippen LogP contribution in [0.15, 0.2) is 35.5 Å². The predicted molar refractivity (Wildman–Crippen MR) is 89.5 cm³/mol. The summed E-state index contributed by atoms with van der Waals surface area (Å²) in [6.07, 6.45) is 8.23. The number of hydrogen-bond donors (Lipinski definition) is 2. The summed E-state index contributed by atoms with van der Waals surface area (Å²) in [4.78, 5) is 12.0. The largest absolute Gasteiger partial charge is 0.459 e. The molecule has 0 saturated heterocycles. The minimum atomic E-state index is -1.05. The first kappa shape index (κ1) is 18.9. The SMILES string of the molecule is C/C=C1/C=C(C(=O)OCC(O)CO)C=CC1CCOCC1CC1[OH2+]. The summed E-state index contributed by atoms with van der Waals surface area (Å²) in [6.45, 7) is 2.56. The number of aliphatic hydroxyl groups is 2. The van der Waals surface area contributed by atoms with E-state index in [1.807, 2.05) is 19.1 Å². The second-order valence-corrected chi connectivity index (χ2v) is 6.25. The van der Waals surface area contributed by atoms with Gasteiger partial charge in [-0.15, -0.1) is 0 Å². The molecule has 0 heterocycles. The lowest BCUT2D eigenvalue weighted by Gasteiger charge is -2.19. The Labute approximate surface area is 142 Å². The molecule has 1 saturated carbocycles. The first-order chi connectivity index (χ1) is 11.5. The lowest BCUT2D eigenvalue weighted by molar-refractivity contribution is -0.142. The summed E-state index contributed by atoms with van der Waals surface area (Å²) in [5.74, 6) is 0.0900. The van der Waals surface area contributed by atoms with Crippen molar-refractivity contribution in [2.45, 2.75) is 32.0 Å². The van der Waals surface area contributed by atoms with E-state index >= 15 is 0 Å². The summed E-state index contributed by atoms with van der Waals surface area (Å²) in [6, 6.07) is 0. The van der Waals surface area contributed by atoms with Crippen LogP contribution in [0.3, 0.4) is 0 Å². The molecule has 4 N–H and O–H groups in total. The zero-order valence-electron chi connectivity index (χ0n) is 14.0. The predicted octanol–water partition coefficient (Wildman–Crippen LogP) is 0.461. The van der Waals surface area contributed by atoms with Gasteiger partial charge in [0.15, 0.2) is 6.10 Å². The van der Waals surface area contributed by atoms with E-state index in [9.17, 15) is 9.90 Å². The maximum Gasteiger partial charge on any atom is 0.338 e. The highest BCUT2D eigenvalue weighted by Gasteiger charge is 2.40. The normalized spacial score (nSPS) is 28.6. The van der Waals surface area contributed by atoms with Crippen LogP contribution in [0, 0.1) is 11.8 Å². The molecule has 6 heteroatoms. The molecule has 0 aliphatic heterocycles. The van der Waals surface area contributed by atoms with Gasteiger partial charge in [-0.2, -0.15) is 0 Å². The van der Waals surface area contributed by atoms with Crippen molar-refractivity contribution in [1.82, 2.24) is 0 Å². The third-order valence-corrected chi connectivity index (χ3v) is 4.27. The van der Waals surface area contributed by atoms with Gasteiger partial charge in [-0.1, -0.05) is 18.2 Å². The molecule has 2 aliphatic rings. The number of carbonyl (C=O) groups excluding carboxylic acids is 1. The Balaban J connectivity index is 1.78. The van der Waals surface area contributed by atoms with E-state index in [-0.39, 0.29) is 18.6 Å². The van der Waals surface area contributed by atoms with Crippen LogP contribution in [0.25, 0.3) is 0 Å². The molecule has 134 valence electrons. The molecule has 24 heavy (non-hydrogen) atoms. The zero-order valence-corrected chi connectivity index (χ0v) is 14.0. The van der Waals surface area contributed by atoms with Gasteiger partial charge in [0.05, 0.1) is 24.7 Å². The molecule has 0 bridgehead atoms. The van der Waals surface area contributed by atoms with Crippen LogP contribution >= 0.6 is 0 Å². The Kier molecular flexibility index (Phi) is 7.17. The fourth-order valence-corrected chi connectivity index (χ4v) is 2.54. The Bertz CT molecular complexity index is 522. The molecule has 6 nitrogen and oxygen atoms in total. The maximum absolute atomic E-state index is 12.0. The molecule has 0 aromatic rings. The van der Waals surface area contributed by atoms with Crippen molar-refractivity contribution >= 4 is 5.97 Å². The molecule has 1 fully saturated rings. The lowest BCUT2D eigenvalue weighted by atomic mass is 9.89. The van der Waals surface area contributed by atoms with Crippen molar-refractivity contribution in [1.29, 1.82) is 0 Å². The standard InChI is InChI=1S/C18H26O6/c1-2-12-7-14(18(22)24-11-16(20)9-19)4-3-13(12)5-6-23-10-15-8-17(15)21/h2-4,7,13,15-17,19-21H,5-6,8-11H2,1H3/p+1/b12-2-. The number of esters is 1. The molecular formula is C18H27O6+. The van der Waals surface area contributed by atoms with E-state index in [1.54, 1.807) is 12.2 Å². The van der Waals surface area contributed by atoms with Crippen molar-refractivity contribution in [2.24, 2.45) is 11.8 Å². The second kappa shape index (κ2) is 9.13. The summed E-state index contributed by atoms with van der Waals surface area (Å²) in [5, 5.41) is 25.4. The van der Waals surface area contributed by atoms with E-state index in [0.29, 0.717) is 24.7 Å². The van der Waals surface area contributed by atoms with Gasteiger partial charge in [-0.05, 0) is 25.0 Å². The second-order valence-electron chi connectivity index (χ2n) is 6.25. The maximum atomic E-state index is 12.0. The van der Waals surface area contributed by atoms with E-state index < -0.39 is 18.7 Å². The minimum absolute atomic E-state index is 0.0616. The number of carbonyl (C=O) groups is 1. The zero-order chi connectivity index (χ0) is 17.5. The Morgan fingerprint density at radius 3 is 2.92 bits per heavy atom. The van der Waals surface area contributed by atoms with Crippen LogP contribution in [0.4, 0.5) is 0 Å². The van der Waals surface area contributed by atoms with Crippen LogP contribution in [-0.2, 0) is 14.3 Å². The highest BCUT2D eigenvalue weighted by atomic mass is 16.5. The van der Waals surface area contributed by atoms with Crippen LogP contribution in [-0.4, -0.2) is 59.9 Å². The lowest BCUT2D eigenvalue weighted by Crippen LogP contribution is -2.23. The van der Waals surface area contributed by atoms with Gasteiger partial charge in [0.2, 0.25) is 0 Å². The topological polar surface area (TPSA) is 98.9 Å². The van der Waals surface area contributed by atoms with Crippen LogP contribution in [0.1, 0.15) is 19.8 Å². The highest BCUT2D eigenvalue weighted by molar-refractivity contribution is 5.92. The van der Waals surface area contributed by atoms with Gasteiger partial charge in [0.1, 0.15) is 12.7 Å². The van der Waals surface area contributed by atoms with Gasteiger partial charge in [-0.3, -0.25) is 0 Å². The summed E-state index contributed by atoms with van der Waals surface area (Å²) < 4.78 is 10.6.